The van der Waals surface area contributed by atoms with Crippen LogP contribution in [0.25, 0.3) is 6.08 Å². The van der Waals surface area contributed by atoms with Gasteiger partial charge in [0.25, 0.3) is 0 Å². The molecule has 2 rings (SSSR count). The first-order valence-corrected chi connectivity index (χ1v) is 6.79. The third kappa shape index (κ3) is 3.83. The number of carboxylic acid groups (broad SMARTS) is 1. The number of nitrogens with one attached hydrogen (secondary N) is 1. The minimum atomic E-state index is -1.08. The van der Waals surface area contributed by atoms with Crippen molar-refractivity contribution in [3.63, 3.8) is 0 Å². The highest BCUT2D eigenvalue weighted by Crippen LogP contribution is 2.23. The van der Waals surface area contributed by atoms with E-state index in [-0.39, 0.29) is 0 Å². The quantitative estimate of drug-likeness (QED) is 0.799. The van der Waals surface area contributed by atoms with Crippen LogP contribution in [0.1, 0.15) is 33.1 Å². The number of aldehydes is 1. The summed E-state index contributed by atoms with van der Waals surface area (Å²) in [6, 6.07) is 12.2. The molecule has 1 atom stereocenters. The van der Waals surface area contributed by atoms with Gasteiger partial charge in [-0.1, -0.05) is 12.7 Å². The van der Waals surface area contributed by atoms with Crippen LogP contribution in [-0.2, 0) is 4.79 Å². The number of carbonyl (C=O) groups excluding carboxylic acids is 1. The van der Waals surface area contributed by atoms with Gasteiger partial charge in [-0.2, -0.15) is 5.26 Å². The lowest BCUT2D eigenvalue weighted by molar-refractivity contribution is -0.138. The molecule has 1 unspecified atom stereocenters. The van der Waals surface area contributed by atoms with E-state index in [2.05, 4.69) is 11.9 Å². The maximum atomic E-state index is 11.6. The molecule has 114 valence electrons. The molecule has 0 radical (unpaired) electrons. The highest BCUT2D eigenvalue weighted by molar-refractivity contribution is 5.82. The van der Waals surface area contributed by atoms with Crippen LogP contribution in [0.15, 0.2) is 49.0 Å². The van der Waals surface area contributed by atoms with Gasteiger partial charge in [0, 0.05) is 11.3 Å². The van der Waals surface area contributed by atoms with Gasteiger partial charge >= 0.3 is 5.97 Å². The molecule has 0 fully saturated rings. The first-order chi connectivity index (χ1) is 11.1. The van der Waals surface area contributed by atoms with Crippen molar-refractivity contribution in [1.82, 2.24) is 0 Å². The van der Waals surface area contributed by atoms with Gasteiger partial charge in [-0.3, -0.25) is 4.79 Å². The largest absolute Gasteiger partial charge is 0.479 e. The summed E-state index contributed by atoms with van der Waals surface area (Å²) in [5, 5.41) is 21.2. The molecule has 0 aliphatic heterocycles. The summed E-state index contributed by atoms with van der Waals surface area (Å²) in [6.45, 7) is 3.64. The summed E-state index contributed by atoms with van der Waals surface area (Å²) in [4.78, 5) is 22.6. The minimum absolute atomic E-state index is 0.380. The normalized spacial score (nSPS) is 11.1. The molecule has 0 aromatic heterocycles. The number of aliphatic carboxylic acids is 1. The van der Waals surface area contributed by atoms with E-state index in [0.29, 0.717) is 34.2 Å². The number of carbonyl (C=O) groups is 2. The summed E-state index contributed by atoms with van der Waals surface area (Å²) in [5.74, 6) is -1.08. The van der Waals surface area contributed by atoms with Gasteiger partial charge in [0.15, 0.2) is 6.04 Å². The number of anilines is 1. The lowest BCUT2D eigenvalue weighted by Gasteiger charge is -2.17. The van der Waals surface area contributed by atoms with Crippen molar-refractivity contribution < 1.29 is 14.7 Å². The third-order valence-corrected chi connectivity index (χ3v) is 3.28. The van der Waals surface area contributed by atoms with Gasteiger partial charge in [-0.05, 0) is 53.6 Å². The molecule has 0 bridgehead atoms. The van der Waals surface area contributed by atoms with E-state index in [1.807, 2.05) is 6.07 Å². The summed E-state index contributed by atoms with van der Waals surface area (Å²) in [5.41, 5.74) is 2.54. The fourth-order valence-corrected chi connectivity index (χ4v) is 2.15. The average Bonchev–Trinajstić information content (AvgIpc) is 2.59. The van der Waals surface area contributed by atoms with Gasteiger partial charge in [0.2, 0.25) is 0 Å². The van der Waals surface area contributed by atoms with Gasteiger partial charge in [-0.25, -0.2) is 4.79 Å². The summed E-state index contributed by atoms with van der Waals surface area (Å²) in [7, 11) is 0. The molecule has 0 aliphatic carbocycles. The van der Waals surface area contributed by atoms with E-state index in [0.717, 1.165) is 0 Å². The van der Waals surface area contributed by atoms with E-state index in [1.165, 1.54) is 6.07 Å². The van der Waals surface area contributed by atoms with Gasteiger partial charge in [-0.15, -0.1) is 0 Å². The number of rotatable bonds is 6. The van der Waals surface area contributed by atoms with E-state index in [9.17, 15) is 14.7 Å². The Hall–Kier alpha value is -3.39. The van der Waals surface area contributed by atoms with Crippen molar-refractivity contribution in [2.75, 3.05) is 5.32 Å². The van der Waals surface area contributed by atoms with Crippen LogP contribution in [-0.4, -0.2) is 17.4 Å². The first-order valence-electron chi connectivity index (χ1n) is 6.79. The van der Waals surface area contributed by atoms with Crippen LogP contribution in [0.2, 0.25) is 0 Å². The van der Waals surface area contributed by atoms with Gasteiger partial charge in [0.05, 0.1) is 11.6 Å². The Bertz CT molecular complexity index is 763. The lowest BCUT2D eigenvalue weighted by atomic mass is 10.00. The maximum absolute atomic E-state index is 11.6. The molecule has 0 heterocycles. The highest BCUT2D eigenvalue weighted by atomic mass is 16.4. The van der Waals surface area contributed by atoms with Crippen molar-refractivity contribution in [2.24, 2.45) is 0 Å². The topological polar surface area (TPSA) is 90.2 Å². The fraction of sp³-hybridized carbons (Fsp3) is 0.0556. The Morgan fingerprint density at radius 1 is 1.22 bits per heavy atom. The molecule has 2 N–H and O–H groups in total. The first kappa shape index (κ1) is 16.0. The van der Waals surface area contributed by atoms with Gasteiger partial charge in [0.1, 0.15) is 6.29 Å². The molecular weight excluding hydrogens is 292 g/mol. The van der Waals surface area contributed by atoms with Crippen LogP contribution in [0.5, 0.6) is 0 Å². The fourth-order valence-electron chi connectivity index (χ4n) is 2.15. The zero-order valence-electron chi connectivity index (χ0n) is 12.2. The van der Waals surface area contributed by atoms with Crippen molar-refractivity contribution in [2.45, 2.75) is 6.04 Å². The van der Waals surface area contributed by atoms with E-state index in [4.69, 9.17) is 5.26 Å². The van der Waals surface area contributed by atoms with Crippen LogP contribution >= 0.6 is 0 Å². The Labute approximate surface area is 133 Å². The number of hydrogen-bond acceptors (Lipinski definition) is 4. The molecule has 2 aromatic carbocycles. The smallest absolute Gasteiger partial charge is 0.330 e. The Balaban J connectivity index is 2.38. The number of benzene rings is 2. The number of nitriles is 1. The second kappa shape index (κ2) is 7.05. The van der Waals surface area contributed by atoms with Crippen LogP contribution in [0, 0.1) is 11.3 Å². The van der Waals surface area contributed by atoms with Gasteiger partial charge < -0.3 is 10.4 Å². The maximum Gasteiger partial charge on any atom is 0.330 e. The Kier molecular flexibility index (Phi) is 4.90. The Morgan fingerprint density at radius 3 is 2.39 bits per heavy atom. The molecule has 0 saturated heterocycles. The minimum Gasteiger partial charge on any atom is -0.479 e. The highest BCUT2D eigenvalue weighted by Gasteiger charge is 2.20. The average molecular weight is 306 g/mol. The molecule has 0 aliphatic rings. The number of carboxylic acids is 1. The molecule has 5 nitrogen and oxygen atoms in total. The van der Waals surface area contributed by atoms with Crippen molar-refractivity contribution in [1.29, 1.82) is 5.26 Å². The number of nitrogens with zero attached hydrogens (tertiary/aromatic N) is 1. The third-order valence-electron chi connectivity index (χ3n) is 3.28. The van der Waals surface area contributed by atoms with E-state index in [1.54, 1.807) is 42.5 Å². The summed E-state index contributed by atoms with van der Waals surface area (Å²) < 4.78 is 0. The zero-order chi connectivity index (χ0) is 16.8. The van der Waals surface area contributed by atoms with E-state index < -0.39 is 12.0 Å². The summed E-state index contributed by atoms with van der Waals surface area (Å²) >= 11 is 0. The Morgan fingerprint density at radius 2 is 1.87 bits per heavy atom. The monoisotopic (exact) mass is 306 g/mol. The molecule has 23 heavy (non-hydrogen) atoms. The van der Waals surface area contributed by atoms with E-state index >= 15 is 0 Å². The number of hydrogen-bond donors (Lipinski definition) is 2. The molecule has 0 saturated carbocycles. The molecule has 0 spiro atoms. The predicted octanol–water partition coefficient (Wildman–Crippen LogP) is 3.25. The molecule has 5 heteroatoms. The predicted molar refractivity (Wildman–Crippen MR) is 87.1 cm³/mol. The van der Waals surface area contributed by atoms with Crippen LogP contribution in [0.3, 0.4) is 0 Å². The van der Waals surface area contributed by atoms with Crippen molar-refractivity contribution in [3.8, 4) is 6.07 Å². The second-order valence-corrected chi connectivity index (χ2v) is 4.86. The SMILES string of the molecule is C=Cc1cc(C=O)cc(C(Nc2ccc(C#N)cc2)C(=O)O)c1. The molecule has 2 aromatic rings. The molecular formula is C18H14N2O3. The lowest BCUT2D eigenvalue weighted by Crippen LogP contribution is -2.20. The van der Waals surface area contributed by atoms with Crippen molar-refractivity contribution >= 4 is 24.0 Å². The van der Waals surface area contributed by atoms with Crippen molar-refractivity contribution in [3.05, 3.63) is 71.3 Å². The second-order valence-electron chi connectivity index (χ2n) is 4.86. The zero-order valence-corrected chi connectivity index (χ0v) is 12.2. The van der Waals surface area contributed by atoms with Crippen LogP contribution < -0.4 is 5.32 Å². The molecule has 0 amide bonds. The van der Waals surface area contributed by atoms with Crippen LogP contribution in [0.4, 0.5) is 5.69 Å². The standard InChI is InChI=1S/C18H14N2O3/c1-2-12-7-14(11-21)9-15(8-12)17(18(22)23)20-16-5-3-13(10-19)4-6-16/h2-9,11,17,20H,1H2,(H,22,23). The summed E-state index contributed by atoms with van der Waals surface area (Å²) in [6.07, 6.45) is 2.22.